The number of hydrogen-bond donors (Lipinski definition) is 1. The molecule has 0 fully saturated rings. The average molecular weight is 252 g/mol. The quantitative estimate of drug-likeness (QED) is 0.482. The van der Waals surface area contributed by atoms with Gasteiger partial charge >= 0.3 is 0 Å². The van der Waals surface area contributed by atoms with Crippen LogP contribution in [0.4, 0.5) is 0 Å². The Labute approximate surface area is 113 Å². The van der Waals surface area contributed by atoms with Crippen molar-refractivity contribution in [2.24, 2.45) is 0 Å². The van der Waals surface area contributed by atoms with E-state index < -0.39 is 0 Å². The molecule has 0 aliphatic rings. The number of rotatable bonds is 2. The van der Waals surface area contributed by atoms with Crippen LogP contribution in [0.5, 0.6) is 0 Å². The molecular weight excluding hydrogens is 236 g/mol. The second-order valence-electron chi connectivity index (χ2n) is 4.64. The normalized spacial score (nSPS) is 11.2. The summed E-state index contributed by atoms with van der Waals surface area (Å²) in [7, 11) is 0. The first-order chi connectivity index (χ1) is 8.83. The summed E-state index contributed by atoms with van der Waals surface area (Å²) in [5, 5.41) is 5.35. The van der Waals surface area contributed by atoms with E-state index in [1.165, 1.54) is 32.7 Å². The second kappa shape index (κ2) is 4.66. The molecule has 0 unspecified atom stereocenters. The molecule has 0 atom stereocenters. The van der Waals surface area contributed by atoms with Gasteiger partial charge < -0.3 is 0 Å². The third-order valence-corrected chi connectivity index (χ3v) is 3.95. The molecule has 3 aromatic rings. The van der Waals surface area contributed by atoms with Crippen molar-refractivity contribution in [3.05, 3.63) is 59.7 Å². The first-order valence-corrected chi connectivity index (χ1v) is 7.01. The van der Waals surface area contributed by atoms with Crippen LogP contribution in [0.2, 0.25) is 0 Å². The van der Waals surface area contributed by atoms with Crippen molar-refractivity contribution in [3.63, 3.8) is 0 Å². The van der Waals surface area contributed by atoms with Crippen LogP contribution < -0.4 is 0 Å². The molecule has 0 spiro atoms. The van der Waals surface area contributed by atoms with E-state index in [0.29, 0.717) is 0 Å². The first-order valence-electron chi connectivity index (χ1n) is 6.37. The lowest BCUT2D eigenvalue weighted by Crippen LogP contribution is -1.86. The van der Waals surface area contributed by atoms with Crippen molar-refractivity contribution >= 4 is 34.2 Å². The van der Waals surface area contributed by atoms with Gasteiger partial charge in [-0.2, -0.15) is 12.6 Å². The minimum Gasteiger partial charge on any atom is -0.175 e. The highest BCUT2D eigenvalue weighted by Gasteiger charge is 2.04. The van der Waals surface area contributed by atoms with Gasteiger partial charge in [0.05, 0.1) is 0 Å². The highest BCUT2D eigenvalue weighted by Crippen LogP contribution is 2.28. The van der Waals surface area contributed by atoms with E-state index in [2.05, 4.69) is 68.1 Å². The SMILES string of the molecule is CCc1cccc2cc3c(CS)cccc3cc12. The predicted octanol–water partition coefficient (Wildman–Crippen LogP) is 4.99. The van der Waals surface area contributed by atoms with Crippen molar-refractivity contribution < 1.29 is 0 Å². The summed E-state index contributed by atoms with van der Waals surface area (Å²) >= 11 is 4.42. The fraction of sp³-hybridized carbons (Fsp3) is 0.176. The summed E-state index contributed by atoms with van der Waals surface area (Å²) in [6.45, 7) is 2.21. The molecule has 0 aromatic heterocycles. The summed E-state index contributed by atoms with van der Waals surface area (Å²) in [5.74, 6) is 0.788. The van der Waals surface area contributed by atoms with Crippen molar-refractivity contribution in [3.8, 4) is 0 Å². The molecule has 90 valence electrons. The Morgan fingerprint density at radius 1 is 0.833 bits per heavy atom. The molecule has 3 rings (SSSR count). The summed E-state index contributed by atoms with van der Waals surface area (Å²) in [5.41, 5.74) is 2.73. The Bertz CT molecular complexity index is 650. The van der Waals surface area contributed by atoms with Gasteiger partial charge in [0.25, 0.3) is 0 Å². The van der Waals surface area contributed by atoms with Crippen LogP contribution in [0.15, 0.2) is 48.5 Å². The maximum absolute atomic E-state index is 4.42. The summed E-state index contributed by atoms with van der Waals surface area (Å²) in [4.78, 5) is 0. The Morgan fingerprint density at radius 3 is 1.94 bits per heavy atom. The topological polar surface area (TPSA) is 0 Å². The average Bonchev–Trinajstić information content (AvgIpc) is 2.43. The van der Waals surface area contributed by atoms with Crippen LogP contribution in [0, 0.1) is 0 Å². The maximum Gasteiger partial charge on any atom is 0.0160 e. The lowest BCUT2D eigenvalue weighted by atomic mass is 9.97. The molecule has 18 heavy (non-hydrogen) atoms. The van der Waals surface area contributed by atoms with Gasteiger partial charge in [-0.25, -0.2) is 0 Å². The number of benzene rings is 3. The van der Waals surface area contributed by atoms with Gasteiger partial charge in [-0.15, -0.1) is 0 Å². The molecule has 0 aliphatic heterocycles. The van der Waals surface area contributed by atoms with E-state index in [-0.39, 0.29) is 0 Å². The zero-order chi connectivity index (χ0) is 12.5. The zero-order valence-electron chi connectivity index (χ0n) is 10.5. The highest BCUT2D eigenvalue weighted by molar-refractivity contribution is 7.79. The number of aryl methyl sites for hydroxylation is 1. The van der Waals surface area contributed by atoms with Crippen molar-refractivity contribution in [1.29, 1.82) is 0 Å². The van der Waals surface area contributed by atoms with Crippen LogP contribution >= 0.6 is 12.6 Å². The lowest BCUT2D eigenvalue weighted by molar-refractivity contribution is 1.16. The lowest BCUT2D eigenvalue weighted by Gasteiger charge is -2.09. The molecule has 0 saturated carbocycles. The Hall–Kier alpha value is -1.47. The zero-order valence-corrected chi connectivity index (χ0v) is 11.4. The Kier molecular flexibility index (Phi) is 3.00. The van der Waals surface area contributed by atoms with Crippen LogP contribution in [0.1, 0.15) is 18.1 Å². The molecule has 0 nitrogen and oxygen atoms in total. The third kappa shape index (κ3) is 1.79. The number of thiol groups is 1. The fourth-order valence-corrected chi connectivity index (χ4v) is 2.90. The fourth-order valence-electron chi connectivity index (χ4n) is 2.63. The monoisotopic (exact) mass is 252 g/mol. The molecule has 0 heterocycles. The van der Waals surface area contributed by atoms with E-state index in [4.69, 9.17) is 0 Å². The van der Waals surface area contributed by atoms with Crippen LogP contribution in [0.3, 0.4) is 0 Å². The molecule has 0 radical (unpaired) electrons. The number of fused-ring (bicyclic) bond motifs is 2. The summed E-state index contributed by atoms with van der Waals surface area (Å²) < 4.78 is 0. The van der Waals surface area contributed by atoms with Gasteiger partial charge in [0.15, 0.2) is 0 Å². The van der Waals surface area contributed by atoms with Gasteiger partial charge in [0.2, 0.25) is 0 Å². The molecule has 1 heteroatoms. The molecule has 0 saturated heterocycles. The van der Waals surface area contributed by atoms with E-state index >= 15 is 0 Å². The highest BCUT2D eigenvalue weighted by atomic mass is 32.1. The Morgan fingerprint density at radius 2 is 1.39 bits per heavy atom. The molecule has 3 aromatic carbocycles. The summed E-state index contributed by atoms with van der Waals surface area (Å²) in [6.07, 6.45) is 1.08. The van der Waals surface area contributed by atoms with E-state index in [0.717, 1.165) is 12.2 Å². The van der Waals surface area contributed by atoms with E-state index in [1.54, 1.807) is 0 Å². The molecule has 0 amide bonds. The smallest absolute Gasteiger partial charge is 0.0160 e. The predicted molar refractivity (Wildman–Crippen MR) is 83.5 cm³/mol. The van der Waals surface area contributed by atoms with Crippen LogP contribution in [-0.2, 0) is 12.2 Å². The largest absolute Gasteiger partial charge is 0.175 e. The van der Waals surface area contributed by atoms with Gasteiger partial charge in [-0.1, -0.05) is 43.3 Å². The summed E-state index contributed by atoms with van der Waals surface area (Å²) in [6, 6.07) is 17.6. The minimum atomic E-state index is 0.788. The maximum atomic E-state index is 4.42. The minimum absolute atomic E-state index is 0.788. The molecule has 0 bridgehead atoms. The third-order valence-electron chi connectivity index (χ3n) is 3.61. The van der Waals surface area contributed by atoms with Crippen LogP contribution in [0.25, 0.3) is 21.5 Å². The van der Waals surface area contributed by atoms with Gasteiger partial charge in [0.1, 0.15) is 0 Å². The second-order valence-corrected chi connectivity index (χ2v) is 4.96. The van der Waals surface area contributed by atoms with Crippen molar-refractivity contribution in [2.45, 2.75) is 19.1 Å². The van der Waals surface area contributed by atoms with E-state index in [9.17, 15) is 0 Å². The van der Waals surface area contributed by atoms with E-state index in [1.807, 2.05) is 0 Å². The standard InChI is InChI=1S/C17H16S/c1-2-12-5-3-6-13-10-17-14(9-16(12)13)7-4-8-15(17)11-18/h3-10,18H,2,11H2,1H3. The van der Waals surface area contributed by atoms with Crippen molar-refractivity contribution in [2.75, 3.05) is 0 Å². The van der Waals surface area contributed by atoms with Gasteiger partial charge in [-0.3, -0.25) is 0 Å². The molecular formula is C17H16S. The number of hydrogen-bond acceptors (Lipinski definition) is 1. The van der Waals surface area contributed by atoms with Gasteiger partial charge in [-0.05, 0) is 51.2 Å². The first kappa shape index (κ1) is 11.6. The van der Waals surface area contributed by atoms with Crippen molar-refractivity contribution in [1.82, 2.24) is 0 Å². The van der Waals surface area contributed by atoms with Crippen LogP contribution in [-0.4, -0.2) is 0 Å². The molecule has 0 aliphatic carbocycles. The Balaban J connectivity index is 2.43. The van der Waals surface area contributed by atoms with Gasteiger partial charge in [0, 0.05) is 5.75 Å². The molecule has 0 N–H and O–H groups in total.